The normalized spacial score (nSPS) is 2.18. The van der Waals surface area contributed by atoms with E-state index in [2.05, 4.69) is 23.3 Å². The van der Waals surface area contributed by atoms with E-state index in [0.29, 0.717) is 0 Å². The molecule has 0 unspecified atom stereocenters. The molecule has 0 aliphatic carbocycles. The molecule has 62 valence electrons. The van der Waals surface area contributed by atoms with Crippen molar-refractivity contribution in [3.8, 4) is 0 Å². The summed E-state index contributed by atoms with van der Waals surface area (Å²) in [7, 11) is 2.83. The summed E-state index contributed by atoms with van der Waals surface area (Å²) < 4.78 is 0. The van der Waals surface area contributed by atoms with E-state index in [1.807, 2.05) is 0 Å². The summed E-state index contributed by atoms with van der Waals surface area (Å²) in [6, 6.07) is 0. The molecule has 0 fully saturated rings. The molecule has 0 amide bonds. The van der Waals surface area contributed by atoms with Crippen molar-refractivity contribution >= 4 is 13.6 Å². The zero-order valence-electron chi connectivity index (χ0n) is 6.03. The van der Waals surface area contributed by atoms with Crippen LogP contribution in [0.2, 0.25) is 0 Å². The summed E-state index contributed by atoms with van der Waals surface area (Å²) in [6.45, 7) is 20.7. The average Bonchev–Trinajstić information content (AvgIpc) is 1.99. The van der Waals surface area contributed by atoms with Gasteiger partial charge >= 0.3 is 0 Å². The fraction of sp³-hybridized carbons (Fsp3) is 0.333. The van der Waals surface area contributed by atoms with Gasteiger partial charge in [-0.2, -0.15) is 0 Å². The Balaban J connectivity index is -0.0000000144. The topological polar surface area (TPSA) is 42.9 Å². The maximum absolute atomic E-state index is 7.50. The molecule has 0 aliphatic rings. The van der Waals surface area contributed by atoms with E-state index in [4.69, 9.17) is 22.7 Å². The van der Waals surface area contributed by atoms with E-state index in [0.717, 1.165) is 0 Å². The maximum atomic E-state index is 7.50. The Hall–Kier alpha value is -1.19. The zero-order valence-corrected chi connectivity index (χ0v) is 7.01. The van der Waals surface area contributed by atoms with Gasteiger partial charge in [0, 0.05) is 16.5 Å². The van der Waals surface area contributed by atoms with Crippen LogP contribution in [-0.2, 0) is 26.1 Å². The van der Waals surface area contributed by atoms with E-state index in [9.17, 15) is 0 Å². The predicted molar refractivity (Wildman–Crippen MR) is 36.4 cm³/mol. The number of hydrogen-bond acceptors (Lipinski definition) is 2. The number of hydrogen-bond donors (Lipinski definition) is 0. The van der Waals surface area contributed by atoms with E-state index in [-0.39, 0.29) is 16.5 Å². The van der Waals surface area contributed by atoms with Gasteiger partial charge in [0.2, 0.25) is 14.1 Å². The first-order valence-corrected chi connectivity index (χ1v) is 1.75. The molecule has 11 heavy (non-hydrogen) atoms. The quantitative estimate of drug-likeness (QED) is 0.413. The van der Waals surface area contributed by atoms with Crippen LogP contribution >= 0.6 is 0 Å². The van der Waals surface area contributed by atoms with Crippen molar-refractivity contribution in [2.75, 3.05) is 14.1 Å². The van der Waals surface area contributed by atoms with Crippen molar-refractivity contribution in [1.82, 2.24) is 0 Å². The van der Waals surface area contributed by atoms with Gasteiger partial charge in [0.15, 0.2) is 0 Å². The summed E-state index contributed by atoms with van der Waals surface area (Å²) in [5, 5.41) is 0. The fourth-order valence-corrected chi connectivity index (χ4v) is 0. The minimum Gasteiger partial charge on any atom is -0.320 e. The molecule has 0 N–H and O–H groups in total. The molecular weight excluding hydrogens is 191 g/mol. The molecule has 0 aliphatic heterocycles. The third-order valence-electron chi connectivity index (χ3n) is 0. The van der Waals surface area contributed by atoms with Crippen LogP contribution in [0.25, 0.3) is 9.69 Å². The number of nitrogens with zero attached hydrogens (tertiary/aromatic N) is 2. The van der Waals surface area contributed by atoms with Crippen molar-refractivity contribution in [3.05, 3.63) is 22.8 Å². The van der Waals surface area contributed by atoms with Crippen molar-refractivity contribution in [3.63, 3.8) is 0 Å². The Bertz CT molecular complexity index is 92.1. The second-order valence-electron chi connectivity index (χ2n) is 0.447. The van der Waals surface area contributed by atoms with Crippen LogP contribution < -0.4 is 0 Å². The molecule has 5 heteroatoms. The first-order chi connectivity index (χ1) is 4.83. The van der Waals surface area contributed by atoms with Crippen LogP contribution in [0.4, 0.5) is 0 Å². The Kier molecular flexibility index (Phi) is 2430. The Morgan fingerprint density at radius 1 is 0.909 bits per heavy atom. The molecule has 0 spiro atoms. The Morgan fingerprint density at radius 2 is 0.909 bits per heavy atom. The van der Waals surface area contributed by atoms with Gasteiger partial charge in [0.05, 0.1) is 0 Å². The van der Waals surface area contributed by atoms with Crippen LogP contribution in [0, 0.1) is 13.1 Å². The van der Waals surface area contributed by atoms with Crippen molar-refractivity contribution in [1.29, 1.82) is 0 Å². The summed E-state index contributed by atoms with van der Waals surface area (Å²) in [6.07, 6.45) is 0. The largest absolute Gasteiger partial charge is 0.320 e. The van der Waals surface area contributed by atoms with Crippen LogP contribution in [0.3, 0.4) is 0 Å². The average molecular weight is 197 g/mol. The molecule has 0 aromatic carbocycles. The molecule has 0 heterocycles. The SMILES string of the molecule is [C-]#[N+]C.[C-]#[N+]C.[C]=O.[C]=O.[Ni]. The smallest absolute Gasteiger partial charge is 0.281 e. The second kappa shape index (κ2) is 813. The van der Waals surface area contributed by atoms with Gasteiger partial charge in [-0.15, -0.1) is 0 Å². The summed E-state index contributed by atoms with van der Waals surface area (Å²) in [5.74, 6) is 0. The second-order valence-corrected chi connectivity index (χ2v) is 0.447. The van der Waals surface area contributed by atoms with E-state index in [1.165, 1.54) is 14.1 Å². The third kappa shape index (κ3) is 291. The first kappa shape index (κ1) is 32.9. The van der Waals surface area contributed by atoms with E-state index in [1.54, 1.807) is 0 Å². The van der Waals surface area contributed by atoms with E-state index < -0.39 is 0 Å². The standard InChI is InChI=1S/2C2H3N.2CO.Ni/c2*1-3-2;2*1-2;/h2*1H3;;;. The molecule has 0 bridgehead atoms. The molecule has 4 nitrogen and oxygen atoms in total. The minimum absolute atomic E-state index is 0. The van der Waals surface area contributed by atoms with Gasteiger partial charge in [-0.25, -0.2) is 13.1 Å². The van der Waals surface area contributed by atoms with Crippen LogP contribution in [0.5, 0.6) is 0 Å². The predicted octanol–water partition coefficient (Wildman–Crippen LogP) is 0.274. The minimum atomic E-state index is 0. The van der Waals surface area contributed by atoms with Gasteiger partial charge in [-0.1, -0.05) is 0 Å². The summed E-state index contributed by atoms with van der Waals surface area (Å²) >= 11 is 0. The molecule has 0 aromatic rings. The van der Waals surface area contributed by atoms with Crippen LogP contribution in [0.15, 0.2) is 0 Å². The maximum Gasteiger partial charge on any atom is 0.281 e. The summed E-state index contributed by atoms with van der Waals surface area (Å²) in [5.41, 5.74) is 0. The molecule has 0 saturated heterocycles. The van der Waals surface area contributed by atoms with Gasteiger partial charge in [-0.05, 0) is 0 Å². The molecule has 4 radical (unpaired) electrons. The zero-order chi connectivity index (χ0) is 9.41. The molecule has 0 rings (SSSR count). The Morgan fingerprint density at radius 3 is 0.909 bits per heavy atom. The van der Waals surface area contributed by atoms with Crippen molar-refractivity contribution in [2.45, 2.75) is 0 Å². The summed E-state index contributed by atoms with van der Waals surface area (Å²) in [4.78, 5) is 20.5. The van der Waals surface area contributed by atoms with Gasteiger partial charge < -0.3 is 9.69 Å². The monoisotopic (exact) mass is 196 g/mol. The molecule has 0 atom stereocenters. The fourth-order valence-electron chi connectivity index (χ4n) is 0. The van der Waals surface area contributed by atoms with Crippen LogP contribution in [0.1, 0.15) is 0 Å². The molecule has 0 aromatic heterocycles. The molecular formula is C6H6N2NiO2. The van der Waals surface area contributed by atoms with Crippen molar-refractivity contribution in [2.24, 2.45) is 0 Å². The van der Waals surface area contributed by atoms with Crippen LogP contribution in [-0.4, -0.2) is 27.7 Å². The van der Waals surface area contributed by atoms with Gasteiger partial charge in [0.1, 0.15) is 0 Å². The number of rotatable bonds is 0. The third-order valence-corrected chi connectivity index (χ3v) is 0. The van der Waals surface area contributed by atoms with Crippen molar-refractivity contribution < 1.29 is 26.1 Å². The van der Waals surface area contributed by atoms with Gasteiger partial charge in [-0.3, -0.25) is 9.59 Å². The number of carbonyl (C=O) groups excluding carboxylic acids is 2. The van der Waals surface area contributed by atoms with Gasteiger partial charge in [0.25, 0.3) is 13.6 Å². The van der Waals surface area contributed by atoms with E-state index >= 15 is 0 Å². The first-order valence-electron chi connectivity index (χ1n) is 1.75. The Labute approximate surface area is 77.2 Å². The molecule has 0 saturated carbocycles.